The fraction of sp³-hybridized carbons (Fsp3) is 0.375. The van der Waals surface area contributed by atoms with Crippen molar-refractivity contribution in [3.8, 4) is 11.3 Å². The molecule has 116 valence electrons. The van der Waals surface area contributed by atoms with Crippen LogP contribution in [0.3, 0.4) is 0 Å². The summed E-state index contributed by atoms with van der Waals surface area (Å²) in [6.07, 6.45) is 6.61. The first kappa shape index (κ1) is 14.7. The second-order valence-electron chi connectivity index (χ2n) is 5.51. The molecule has 0 atom stereocenters. The monoisotopic (exact) mass is 306 g/mol. The molecule has 1 amide bonds. The van der Waals surface area contributed by atoms with Gasteiger partial charge in [-0.1, -0.05) is 24.4 Å². The molecule has 1 fully saturated rings. The second kappa shape index (κ2) is 6.25. The van der Waals surface area contributed by atoms with Gasteiger partial charge < -0.3 is 9.84 Å². The lowest BCUT2D eigenvalue weighted by atomic mass is 9.95. The van der Waals surface area contributed by atoms with Gasteiger partial charge in [0.05, 0.1) is 6.20 Å². The Morgan fingerprint density at radius 3 is 2.68 bits per heavy atom. The second-order valence-corrected chi connectivity index (χ2v) is 5.51. The van der Waals surface area contributed by atoms with Crippen LogP contribution in [0.1, 0.15) is 42.5 Å². The third-order valence-corrected chi connectivity index (χ3v) is 3.94. The lowest BCUT2D eigenvalue weighted by Crippen LogP contribution is -2.36. The summed E-state index contributed by atoms with van der Waals surface area (Å²) in [5.74, 6) is -2.09. The summed E-state index contributed by atoms with van der Waals surface area (Å²) in [5.41, 5.74) is 0.516. The molecule has 0 radical (unpaired) electrons. The zero-order valence-electron chi connectivity index (χ0n) is 11.9. The summed E-state index contributed by atoms with van der Waals surface area (Å²) in [7, 11) is 0. The number of hydrogen-bond acceptors (Lipinski definition) is 3. The van der Waals surface area contributed by atoms with E-state index in [0.29, 0.717) is 0 Å². The quantitative estimate of drug-likeness (QED) is 0.941. The molecule has 2 aromatic rings. The molecular formula is C16H16F2N2O2. The first-order valence-electron chi connectivity index (χ1n) is 7.36. The summed E-state index contributed by atoms with van der Waals surface area (Å²) in [6, 6.07) is 3.49. The molecule has 0 bridgehead atoms. The summed E-state index contributed by atoms with van der Waals surface area (Å²) in [5, 5.41) is 6.56. The molecule has 4 nitrogen and oxygen atoms in total. The van der Waals surface area contributed by atoms with E-state index < -0.39 is 11.6 Å². The van der Waals surface area contributed by atoms with Crippen LogP contribution in [0.5, 0.6) is 0 Å². The number of nitrogens with one attached hydrogen (secondary N) is 1. The number of halogens is 2. The van der Waals surface area contributed by atoms with Crippen LogP contribution in [0.4, 0.5) is 8.78 Å². The molecule has 1 N–H and O–H groups in total. The van der Waals surface area contributed by atoms with E-state index in [2.05, 4.69) is 10.5 Å². The van der Waals surface area contributed by atoms with Gasteiger partial charge >= 0.3 is 0 Å². The van der Waals surface area contributed by atoms with Gasteiger partial charge in [-0.2, -0.15) is 0 Å². The third kappa shape index (κ3) is 3.00. The molecule has 0 spiro atoms. The minimum absolute atomic E-state index is 0.146. The zero-order valence-corrected chi connectivity index (χ0v) is 11.9. The molecule has 0 saturated heterocycles. The van der Waals surface area contributed by atoms with Crippen molar-refractivity contribution in [2.24, 2.45) is 0 Å². The number of amides is 1. The van der Waals surface area contributed by atoms with Crippen LogP contribution in [0.25, 0.3) is 11.3 Å². The van der Waals surface area contributed by atoms with Crippen molar-refractivity contribution in [2.75, 3.05) is 0 Å². The van der Waals surface area contributed by atoms with E-state index in [9.17, 15) is 13.6 Å². The third-order valence-electron chi connectivity index (χ3n) is 3.94. The number of carbonyl (C=O) groups is 1. The van der Waals surface area contributed by atoms with Crippen LogP contribution in [0.15, 0.2) is 28.9 Å². The van der Waals surface area contributed by atoms with E-state index in [0.717, 1.165) is 37.8 Å². The van der Waals surface area contributed by atoms with Gasteiger partial charge in [-0.3, -0.25) is 4.79 Å². The molecule has 1 heterocycles. The Kier molecular flexibility index (Phi) is 4.18. The van der Waals surface area contributed by atoms with Crippen LogP contribution >= 0.6 is 0 Å². The Morgan fingerprint density at radius 1 is 1.18 bits per heavy atom. The number of benzene rings is 1. The smallest absolute Gasteiger partial charge is 0.257 e. The molecule has 1 aliphatic rings. The highest BCUT2D eigenvalue weighted by molar-refractivity contribution is 5.99. The fourth-order valence-electron chi connectivity index (χ4n) is 2.76. The average Bonchev–Trinajstić information content (AvgIpc) is 3.01. The van der Waals surface area contributed by atoms with Gasteiger partial charge in [0, 0.05) is 11.6 Å². The van der Waals surface area contributed by atoms with Gasteiger partial charge in [0.2, 0.25) is 0 Å². The number of aromatic nitrogens is 1. The van der Waals surface area contributed by atoms with Gasteiger partial charge in [-0.15, -0.1) is 0 Å². The molecular weight excluding hydrogens is 290 g/mol. The SMILES string of the molecule is O=C(NC1CCCCC1)c1cnoc1-c1ccc(F)c(F)c1. The van der Waals surface area contributed by atoms with Crippen LogP contribution in [-0.4, -0.2) is 17.1 Å². The Morgan fingerprint density at radius 2 is 1.95 bits per heavy atom. The highest BCUT2D eigenvalue weighted by atomic mass is 19.2. The molecule has 1 saturated carbocycles. The van der Waals surface area contributed by atoms with E-state index in [4.69, 9.17) is 4.52 Å². The number of rotatable bonds is 3. The first-order chi connectivity index (χ1) is 10.6. The van der Waals surface area contributed by atoms with E-state index in [-0.39, 0.29) is 28.8 Å². The topological polar surface area (TPSA) is 55.1 Å². The van der Waals surface area contributed by atoms with Crippen molar-refractivity contribution in [2.45, 2.75) is 38.1 Å². The van der Waals surface area contributed by atoms with Gasteiger partial charge in [0.1, 0.15) is 5.56 Å². The van der Waals surface area contributed by atoms with E-state index in [1.165, 1.54) is 18.7 Å². The average molecular weight is 306 g/mol. The summed E-state index contributed by atoms with van der Waals surface area (Å²) in [6.45, 7) is 0. The van der Waals surface area contributed by atoms with Gasteiger partial charge in [-0.05, 0) is 31.0 Å². The summed E-state index contributed by atoms with van der Waals surface area (Å²) >= 11 is 0. The molecule has 1 aromatic carbocycles. The van der Waals surface area contributed by atoms with E-state index in [1.807, 2.05) is 0 Å². The predicted octanol–water partition coefficient (Wildman–Crippen LogP) is 3.68. The Bertz CT molecular complexity index is 679. The Hall–Kier alpha value is -2.24. The lowest BCUT2D eigenvalue weighted by Gasteiger charge is -2.22. The zero-order chi connectivity index (χ0) is 15.5. The molecule has 1 aliphatic carbocycles. The Balaban J connectivity index is 1.81. The maximum atomic E-state index is 13.3. The van der Waals surface area contributed by atoms with Crippen molar-refractivity contribution in [3.63, 3.8) is 0 Å². The number of hydrogen-bond donors (Lipinski definition) is 1. The maximum absolute atomic E-state index is 13.3. The van der Waals surface area contributed by atoms with E-state index in [1.54, 1.807) is 0 Å². The van der Waals surface area contributed by atoms with Crippen molar-refractivity contribution in [3.05, 3.63) is 41.6 Å². The van der Waals surface area contributed by atoms with Crippen molar-refractivity contribution in [1.29, 1.82) is 0 Å². The van der Waals surface area contributed by atoms with Gasteiger partial charge in [-0.25, -0.2) is 8.78 Å². The molecule has 6 heteroatoms. The minimum Gasteiger partial charge on any atom is -0.355 e. The van der Waals surface area contributed by atoms with Crippen LogP contribution < -0.4 is 5.32 Å². The standard InChI is InChI=1S/C16H16F2N2O2/c17-13-7-6-10(8-14(13)18)15-12(9-19-22-15)16(21)20-11-4-2-1-3-5-11/h6-9,11H,1-5H2,(H,20,21). The molecule has 0 unspecified atom stereocenters. The molecule has 0 aliphatic heterocycles. The normalized spacial score (nSPS) is 15.7. The maximum Gasteiger partial charge on any atom is 0.257 e. The highest BCUT2D eigenvalue weighted by Gasteiger charge is 2.22. The van der Waals surface area contributed by atoms with Crippen LogP contribution in [-0.2, 0) is 0 Å². The van der Waals surface area contributed by atoms with Gasteiger partial charge in [0.25, 0.3) is 5.91 Å². The van der Waals surface area contributed by atoms with Crippen molar-refractivity contribution < 1.29 is 18.1 Å². The minimum atomic E-state index is -0.993. The fourth-order valence-corrected chi connectivity index (χ4v) is 2.76. The van der Waals surface area contributed by atoms with Crippen molar-refractivity contribution in [1.82, 2.24) is 10.5 Å². The predicted molar refractivity (Wildman–Crippen MR) is 76.2 cm³/mol. The van der Waals surface area contributed by atoms with Crippen LogP contribution in [0, 0.1) is 11.6 Å². The summed E-state index contributed by atoms with van der Waals surface area (Å²) < 4.78 is 31.4. The summed E-state index contributed by atoms with van der Waals surface area (Å²) in [4.78, 5) is 12.3. The number of carbonyl (C=O) groups excluding carboxylic acids is 1. The lowest BCUT2D eigenvalue weighted by molar-refractivity contribution is 0.0928. The van der Waals surface area contributed by atoms with E-state index >= 15 is 0 Å². The van der Waals surface area contributed by atoms with Gasteiger partial charge in [0.15, 0.2) is 17.4 Å². The molecule has 3 rings (SSSR count). The van der Waals surface area contributed by atoms with Crippen LogP contribution in [0.2, 0.25) is 0 Å². The largest absolute Gasteiger partial charge is 0.355 e. The molecule has 22 heavy (non-hydrogen) atoms. The Labute approximate surface area is 126 Å². The highest BCUT2D eigenvalue weighted by Crippen LogP contribution is 2.26. The number of nitrogens with zero attached hydrogens (tertiary/aromatic N) is 1. The van der Waals surface area contributed by atoms with Crippen molar-refractivity contribution >= 4 is 5.91 Å². The first-order valence-corrected chi connectivity index (χ1v) is 7.36. The molecule has 1 aromatic heterocycles.